The Morgan fingerprint density at radius 3 is 2.89 bits per heavy atom. The number of nitrogens with one attached hydrogen (secondary N) is 1. The van der Waals surface area contributed by atoms with Crippen LogP contribution in [0.2, 0.25) is 0 Å². The highest BCUT2D eigenvalue weighted by molar-refractivity contribution is 6.07. The van der Waals surface area contributed by atoms with Crippen molar-refractivity contribution in [3.8, 4) is 5.75 Å². The molecular weight excluding hydrogens is 462 g/mol. The molecule has 6 heteroatoms. The number of esters is 1. The van der Waals surface area contributed by atoms with Crippen LogP contribution in [0.3, 0.4) is 0 Å². The third-order valence-corrected chi connectivity index (χ3v) is 8.73. The second-order valence-corrected chi connectivity index (χ2v) is 11.6. The van der Waals surface area contributed by atoms with Gasteiger partial charge in [0.2, 0.25) is 0 Å². The van der Waals surface area contributed by atoms with Gasteiger partial charge in [0.25, 0.3) is 0 Å². The fourth-order valence-corrected chi connectivity index (χ4v) is 7.06. The highest BCUT2D eigenvalue weighted by Crippen LogP contribution is 2.50. The number of ether oxygens (including phenoxy) is 2. The van der Waals surface area contributed by atoms with Gasteiger partial charge in [0.05, 0.1) is 5.56 Å². The molecule has 4 heterocycles. The maximum absolute atomic E-state index is 13.7. The molecule has 0 amide bonds. The van der Waals surface area contributed by atoms with Crippen molar-refractivity contribution in [3.63, 3.8) is 0 Å². The van der Waals surface area contributed by atoms with E-state index < -0.39 is 0 Å². The van der Waals surface area contributed by atoms with Gasteiger partial charge in [-0.25, -0.2) is 4.79 Å². The molecule has 3 atom stereocenters. The fourth-order valence-electron chi connectivity index (χ4n) is 7.06. The van der Waals surface area contributed by atoms with Crippen molar-refractivity contribution in [1.29, 1.82) is 0 Å². The number of aryl methyl sites for hydroxylation is 1. The van der Waals surface area contributed by atoms with Crippen LogP contribution < -0.4 is 4.74 Å². The van der Waals surface area contributed by atoms with E-state index in [9.17, 15) is 4.79 Å². The highest BCUT2D eigenvalue weighted by atomic mass is 16.5. The van der Waals surface area contributed by atoms with Crippen molar-refractivity contribution in [2.45, 2.75) is 70.7 Å². The zero-order valence-electron chi connectivity index (χ0n) is 22.6. The van der Waals surface area contributed by atoms with Crippen LogP contribution in [0.5, 0.6) is 5.75 Å². The Balaban J connectivity index is 1.33. The van der Waals surface area contributed by atoms with Crippen molar-refractivity contribution < 1.29 is 14.3 Å². The quantitative estimate of drug-likeness (QED) is 0.436. The first-order chi connectivity index (χ1) is 17.9. The zero-order valence-corrected chi connectivity index (χ0v) is 22.6. The van der Waals surface area contributed by atoms with E-state index >= 15 is 0 Å². The summed E-state index contributed by atoms with van der Waals surface area (Å²) in [5.41, 5.74) is 5.70. The molecule has 0 radical (unpaired) electrons. The average molecular weight is 502 g/mol. The van der Waals surface area contributed by atoms with Crippen molar-refractivity contribution in [1.82, 2.24) is 14.8 Å². The summed E-state index contributed by atoms with van der Waals surface area (Å²) in [5.74, 6) is 1.12. The molecular formula is C31H39N3O3. The Morgan fingerprint density at radius 1 is 1.22 bits per heavy atom. The Labute approximate surface area is 219 Å². The van der Waals surface area contributed by atoms with Crippen LogP contribution in [0.15, 0.2) is 36.4 Å². The monoisotopic (exact) mass is 501 g/mol. The Hall–Kier alpha value is -2.83. The van der Waals surface area contributed by atoms with Crippen LogP contribution in [-0.2, 0) is 17.7 Å². The van der Waals surface area contributed by atoms with Crippen LogP contribution in [0.1, 0.15) is 77.9 Å². The second kappa shape index (κ2) is 9.48. The van der Waals surface area contributed by atoms with Gasteiger partial charge in [-0.2, -0.15) is 0 Å². The number of aromatic amines is 1. The first-order valence-corrected chi connectivity index (χ1v) is 13.9. The Kier molecular flexibility index (Phi) is 6.28. The number of carbonyl (C=O) groups excluding carboxylic acids is 1. The number of hydrogen-bond acceptors (Lipinski definition) is 5. The lowest BCUT2D eigenvalue weighted by Gasteiger charge is -2.56. The summed E-state index contributed by atoms with van der Waals surface area (Å²) < 4.78 is 13.0. The smallest absolute Gasteiger partial charge is 0.341 e. The van der Waals surface area contributed by atoms with Gasteiger partial charge in [-0.15, -0.1) is 0 Å². The molecule has 6 nitrogen and oxygen atoms in total. The molecule has 2 aromatic carbocycles. The molecule has 2 fully saturated rings. The van der Waals surface area contributed by atoms with Crippen LogP contribution in [-0.4, -0.2) is 53.7 Å². The van der Waals surface area contributed by atoms with Gasteiger partial charge in [0, 0.05) is 54.1 Å². The Morgan fingerprint density at radius 2 is 2.05 bits per heavy atom. The van der Waals surface area contributed by atoms with E-state index in [4.69, 9.17) is 9.47 Å². The van der Waals surface area contributed by atoms with Crippen molar-refractivity contribution in [3.05, 3.63) is 64.3 Å². The molecule has 3 aliphatic rings. The minimum absolute atomic E-state index is 0.171. The number of H-pyrrole nitrogens is 1. The first-order valence-electron chi connectivity index (χ1n) is 13.9. The number of aromatic nitrogens is 1. The molecule has 6 rings (SSSR count). The van der Waals surface area contributed by atoms with Crippen LogP contribution >= 0.6 is 0 Å². The topological polar surface area (TPSA) is 57.8 Å². The summed E-state index contributed by atoms with van der Waals surface area (Å²) in [4.78, 5) is 21.9. The third kappa shape index (κ3) is 4.24. The van der Waals surface area contributed by atoms with E-state index in [0.29, 0.717) is 11.5 Å². The standard InChI is InChI=1S/C31H39N3O3/c1-20-28(30(35)36-21(2)23-10-7-9-22(17-23)19-33(3)4)29-25-18-24-11-8-16-34-15-6-5-14-31(24,34)37-27(25)13-12-26(29)32-20/h7,9-10,12-13,17,21,24,32H,5-6,8,11,14-16,18-19H2,1-4H3. The van der Waals surface area contributed by atoms with Crippen molar-refractivity contribution >= 4 is 16.9 Å². The molecule has 0 bridgehead atoms. The molecule has 1 spiro atoms. The van der Waals surface area contributed by atoms with Gasteiger partial charge in [-0.05, 0) is 83.3 Å². The number of fused-ring (bicyclic) bond motifs is 3. The lowest BCUT2D eigenvalue weighted by molar-refractivity contribution is -0.177. The second-order valence-electron chi connectivity index (χ2n) is 11.6. The van der Waals surface area contributed by atoms with E-state index in [1.807, 2.05) is 26.0 Å². The van der Waals surface area contributed by atoms with Crippen molar-refractivity contribution in [2.75, 3.05) is 27.2 Å². The molecule has 3 aromatic rings. The van der Waals surface area contributed by atoms with E-state index in [0.717, 1.165) is 65.9 Å². The molecule has 3 aliphatic heterocycles. The largest absolute Gasteiger partial charge is 0.472 e. The lowest BCUT2D eigenvalue weighted by atomic mass is 9.74. The summed E-state index contributed by atoms with van der Waals surface area (Å²) in [6, 6.07) is 12.5. The van der Waals surface area contributed by atoms with Crippen molar-refractivity contribution in [2.24, 2.45) is 5.92 Å². The minimum Gasteiger partial charge on any atom is -0.472 e. The van der Waals surface area contributed by atoms with Gasteiger partial charge < -0.3 is 19.4 Å². The fraction of sp³-hybridized carbons (Fsp3) is 0.516. The first kappa shape index (κ1) is 24.5. The van der Waals surface area contributed by atoms with E-state index in [-0.39, 0.29) is 17.8 Å². The molecule has 1 aromatic heterocycles. The van der Waals surface area contributed by atoms with Gasteiger partial charge in [-0.1, -0.05) is 24.3 Å². The average Bonchev–Trinajstić information content (AvgIpc) is 3.22. The number of benzene rings is 2. The lowest BCUT2D eigenvalue weighted by Crippen LogP contribution is -2.64. The van der Waals surface area contributed by atoms with Gasteiger partial charge >= 0.3 is 5.97 Å². The van der Waals surface area contributed by atoms with E-state index in [1.165, 1.54) is 31.2 Å². The maximum atomic E-state index is 13.7. The normalized spacial score (nSPS) is 24.2. The molecule has 0 saturated carbocycles. The van der Waals surface area contributed by atoms with Crippen LogP contribution in [0.4, 0.5) is 0 Å². The highest BCUT2D eigenvalue weighted by Gasteiger charge is 2.52. The number of hydrogen-bond donors (Lipinski definition) is 1. The Bertz CT molecular complexity index is 1330. The van der Waals surface area contributed by atoms with Gasteiger partial charge in [0.15, 0.2) is 5.72 Å². The molecule has 1 N–H and O–H groups in total. The summed E-state index contributed by atoms with van der Waals surface area (Å²) in [7, 11) is 4.11. The summed E-state index contributed by atoms with van der Waals surface area (Å²) in [6.45, 7) is 7.03. The number of piperidine rings is 2. The van der Waals surface area contributed by atoms with E-state index in [1.54, 1.807) is 0 Å². The van der Waals surface area contributed by atoms with Crippen LogP contribution in [0.25, 0.3) is 10.9 Å². The number of rotatable bonds is 5. The molecule has 196 valence electrons. The van der Waals surface area contributed by atoms with Gasteiger partial charge in [0.1, 0.15) is 11.9 Å². The number of nitrogens with zero attached hydrogens (tertiary/aromatic N) is 2. The van der Waals surface area contributed by atoms with E-state index in [2.05, 4.69) is 53.1 Å². The molecule has 0 aliphatic carbocycles. The predicted molar refractivity (Wildman–Crippen MR) is 146 cm³/mol. The van der Waals surface area contributed by atoms with Gasteiger partial charge in [-0.3, -0.25) is 4.90 Å². The summed E-state index contributed by atoms with van der Waals surface area (Å²) in [5, 5.41) is 0.983. The maximum Gasteiger partial charge on any atom is 0.341 e. The third-order valence-electron chi connectivity index (χ3n) is 8.73. The molecule has 37 heavy (non-hydrogen) atoms. The molecule has 3 unspecified atom stereocenters. The minimum atomic E-state index is -0.341. The summed E-state index contributed by atoms with van der Waals surface area (Å²) >= 11 is 0. The summed E-state index contributed by atoms with van der Waals surface area (Å²) in [6.07, 6.45) is 6.57. The number of carbonyl (C=O) groups is 1. The SMILES string of the molecule is Cc1[nH]c2ccc3c(c2c1C(=O)OC(C)c1cccc(CN(C)C)c1)CC1CCCN2CCCCC12O3. The van der Waals surface area contributed by atoms with Crippen LogP contribution in [0, 0.1) is 12.8 Å². The molecule has 2 saturated heterocycles. The zero-order chi connectivity index (χ0) is 25.7. The predicted octanol–water partition coefficient (Wildman–Crippen LogP) is 5.98.